The van der Waals surface area contributed by atoms with Gasteiger partial charge in [-0.3, -0.25) is 10.1 Å². The van der Waals surface area contributed by atoms with Gasteiger partial charge in [-0.15, -0.1) is 0 Å². The Labute approximate surface area is 140 Å². The molecule has 0 bridgehead atoms. The molecule has 2 aromatic carbocycles. The molecule has 0 spiro atoms. The highest BCUT2D eigenvalue weighted by molar-refractivity contribution is 5.83. The molecule has 24 heavy (non-hydrogen) atoms. The highest BCUT2D eigenvalue weighted by Gasteiger charge is 2.29. The van der Waals surface area contributed by atoms with Crippen molar-refractivity contribution in [2.75, 3.05) is 0 Å². The van der Waals surface area contributed by atoms with E-state index in [2.05, 4.69) is 10.6 Å². The summed E-state index contributed by atoms with van der Waals surface area (Å²) < 4.78 is 26.3. The van der Waals surface area contributed by atoms with Crippen LogP contribution in [0.4, 0.5) is 8.78 Å². The molecule has 1 fully saturated rings. The summed E-state index contributed by atoms with van der Waals surface area (Å²) >= 11 is 0. The molecule has 0 saturated heterocycles. The number of halogens is 2. The molecule has 0 aromatic heterocycles. The average Bonchev–Trinajstić information content (AvgIpc) is 3.38. The lowest BCUT2D eigenvalue weighted by Crippen LogP contribution is -2.39. The third-order valence-electron chi connectivity index (χ3n) is 4.18. The van der Waals surface area contributed by atoms with E-state index in [9.17, 15) is 13.6 Å². The summed E-state index contributed by atoms with van der Waals surface area (Å²) in [5.41, 5.74) is 1.58. The van der Waals surface area contributed by atoms with Crippen molar-refractivity contribution in [1.82, 2.24) is 10.6 Å². The van der Waals surface area contributed by atoms with E-state index >= 15 is 0 Å². The van der Waals surface area contributed by atoms with E-state index in [-0.39, 0.29) is 29.6 Å². The minimum Gasteiger partial charge on any atom is -0.352 e. The maximum absolute atomic E-state index is 13.2. The average molecular weight is 330 g/mol. The number of benzene rings is 2. The van der Waals surface area contributed by atoms with Crippen LogP contribution in [0, 0.1) is 11.6 Å². The number of hydrogen-bond donors (Lipinski definition) is 2. The van der Waals surface area contributed by atoms with Gasteiger partial charge >= 0.3 is 0 Å². The van der Waals surface area contributed by atoms with Crippen molar-refractivity contribution >= 4 is 5.91 Å². The van der Waals surface area contributed by atoms with Crippen LogP contribution in [0.3, 0.4) is 0 Å². The third kappa shape index (κ3) is 4.17. The van der Waals surface area contributed by atoms with E-state index in [4.69, 9.17) is 0 Å². The van der Waals surface area contributed by atoms with Crippen LogP contribution < -0.4 is 10.6 Å². The minimum absolute atomic E-state index is 0.127. The maximum atomic E-state index is 13.2. The first-order chi connectivity index (χ1) is 11.5. The number of rotatable bonds is 6. The molecule has 0 radical (unpaired) electrons. The van der Waals surface area contributed by atoms with Gasteiger partial charge in [-0.1, -0.05) is 24.3 Å². The van der Waals surface area contributed by atoms with Gasteiger partial charge in [0, 0.05) is 12.1 Å². The van der Waals surface area contributed by atoms with Crippen molar-refractivity contribution in [2.24, 2.45) is 0 Å². The minimum atomic E-state index is -0.591. The summed E-state index contributed by atoms with van der Waals surface area (Å²) in [5.74, 6) is -0.766. The molecular weight excluding hydrogens is 310 g/mol. The van der Waals surface area contributed by atoms with Crippen molar-refractivity contribution in [2.45, 2.75) is 37.9 Å². The molecule has 1 aliphatic carbocycles. The molecule has 2 atom stereocenters. The van der Waals surface area contributed by atoms with Crippen LogP contribution in [-0.4, -0.2) is 11.9 Å². The Bertz CT molecular complexity index is 696. The summed E-state index contributed by atoms with van der Waals surface area (Å²) in [4.78, 5) is 12.6. The van der Waals surface area contributed by atoms with Crippen molar-refractivity contribution in [3.63, 3.8) is 0 Å². The number of amides is 1. The molecule has 0 heterocycles. The van der Waals surface area contributed by atoms with Gasteiger partial charge in [0.25, 0.3) is 0 Å². The Morgan fingerprint density at radius 1 is 0.958 bits per heavy atom. The fourth-order valence-corrected chi connectivity index (χ4v) is 2.59. The van der Waals surface area contributed by atoms with E-state index in [1.807, 2.05) is 6.92 Å². The molecule has 2 unspecified atom stereocenters. The van der Waals surface area contributed by atoms with Crippen LogP contribution in [0.15, 0.2) is 48.5 Å². The second-order valence-electron chi connectivity index (χ2n) is 6.21. The lowest BCUT2D eigenvalue weighted by atomic mass is 10.0. The Morgan fingerprint density at radius 2 is 1.46 bits per heavy atom. The lowest BCUT2D eigenvalue weighted by molar-refractivity contribution is -0.123. The van der Waals surface area contributed by atoms with Crippen molar-refractivity contribution in [1.29, 1.82) is 0 Å². The van der Waals surface area contributed by atoms with Gasteiger partial charge < -0.3 is 5.32 Å². The number of nitrogens with one attached hydrogen (secondary N) is 2. The smallest absolute Gasteiger partial charge is 0.241 e. The van der Waals surface area contributed by atoms with Crippen LogP contribution in [0.2, 0.25) is 0 Å². The maximum Gasteiger partial charge on any atom is 0.241 e. The van der Waals surface area contributed by atoms with Gasteiger partial charge in [-0.2, -0.15) is 0 Å². The first-order valence-electron chi connectivity index (χ1n) is 8.10. The van der Waals surface area contributed by atoms with E-state index < -0.39 is 6.04 Å². The molecular formula is C19H20F2N2O. The van der Waals surface area contributed by atoms with Gasteiger partial charge in [0.05, 0.1) is 0 Å². The summed E-state index contributed by atoms with van der Waals surface area (Å²) in [6.07, 6.45) is 1.99. The highest BCUT2D eigenvalue weighted by Crippen LogP contribution is 2.24. The Morgan fingerprint density at radius 3 is 1.96 bits per heavy atom. The predicted molar refractivity (Wildman–Crippen MR) is 88.3 cm³/mol. The number of carbonyl (C=O) groups is 1. The van der Waals surface area contributed by atoms with E-state index in [0.717, 1.165) is 18.4 Å². The zero-order chi connectivity index (χ0) is 17.1. The molecule has 1 aliphatic rings. The summed E-state index contributed by atoms with van der Waals surface area (Å²) in [6.45, 7) is 1.91. The van der Waals surface area contributed by atoms with Gasteiger partial charge in [-0.25, -0.2) is 8.78 Å². The lowest BCUT2D eigenvalue weighted by Gasteiger charge is -2.23. The quantitative estimate of drug-likeness (QED) is 0.849. The zero-order valence-corrected chi connectivity index (χ0v) is 13.4. The first-order valence-corrected chi connectivity index (χ1v) is 8.10. The molecule has 1 amide bonds. The Kier molecular flexibility index (Phi) is 4.90. The first kappa shape index (κ1) is 16.6. The van der Waals surface area contributed by atoms with Gasteiger partial charge in [-0.05, 0) is 55.2 Å². The third-order valence-corrected chi connectivity index (χ3v) is 4.18. The summed E-state index contributed by atoms with van der Waals surface area (Å²) in [5, 5.41) is 6.24. The molecule has 126 valence electrons. The van der Waals surface area contributed by atoms with Crippen LogP contribution in [0.25, 0.3) is 0 Å². The zero-order valence-electron chi connectivity index (χ0n) is 13.4. The predicted octanol–water partition coefficient (Wildman–Crippen LogP) is 3.64. The van der Waals surface area contributed by atoms with E-state index in [1.165, 1.54) is 24.3 Å². The van der Waals surface area contributed by atoms with Crippen molar-refractivity contribution in [3.8, 4) is 0 Å². The van der Waals surface area contributed by atoms with Gasteiger partial charge in [0.2, 0.25) is 5.91 Å². The number of hydrogen-bond acceptors (Lipinski definition) is 2. The molecule has 3 rings (SSSR count). The van der Waals surface area contributed by atoms with Crippen LogP contribution in [0.1, 0.15) is 43.0 Å². The topological polar surface area (TPSA) is 41.1 Å². The molecule has 5 heteroatoms. The molecule has 2 aromatic rings. The fraction of sp³-hybridized carbons (Fsp3) is 0.316. The van der Waals surface area contributed by atoms with Crippen molar-refractivity contribution in [3.05, 3.63) is 71.3 Å². The monoisotopic (exact) mass is 330 g/mol. The largest absolute Gasteiger partial charge is 0.352 e. The van der Waals surface area contributed by atoms with E-state index in [1.54, 1.807) is 24.3 Å². The fourth-order valence-electron chi connectivity index (χ4n) is 2.59. The van der Waals surface area contributed by atoms with E-state index in [0.29, 0.717) is 5.56 Å². The van der Waals surface area contributed by atoms with Crippen LogP contribution in [-0.2, 0) is 4.79 Å². The van der Waals surface area contributed by atoms with Gasteiger partial charge in [0.1, 0.15) is 17.7 Å². The summed E-state index contributed by atoms with van der Waals surface area (Å²) in [7, 11) is 0. The molecule has 3 nitrogen and oxygen atoms in total. The van der Waals surface area contributed by atoms with Crippen LogP contribution in [0.5, 0.6) is 0 Å². The summed E-state index contributed by atoms with van der Waals surface area (Å²) in [6, 6.07) is 11.6. The van der Waals surface area contributed by atoms with Gasteiger partial charge in [0.15, 0.2) is 0 Å². The molecule has 2 N–H and O–H groups in total. The second-order valence-corrected chi connectivity index (χ2v) is 6.21. The standard InChI is InChI=1S/C19H20F2N2O/c1-12(13-2-6-15(20)7-3-13)22-18(19(24)23-17-10-11-17)14-4-8-16(21)9-5-14/h2-9,12,17-18,22H,10-11H2,1H3,(H,23,24). The highest BCUT2D eigenvalue weighted by atomic mass is 19.1. The normalized spacial score (nSPS) is 16.5. The molecule has 0 aliphatic heterocycles. The van der Waals surface area contributed by atoms with Crippen molar-refractivity contribution < 1.29 is 13.6 Å². The Balaban J connectivity index is 1.79. The Hall–Kier alpha value is -2.27. The SMILES string of the molecule is CC(NC(C(=O)NC1CC1)c1ccc(F)cc1)c1ccc(F)cc1. The second kappa shape index (κ2) is 7.09. The molecule has 1 saturated carbocycles. The van der Waals surface area contributed by atoms with Crippen LogP contribution >= 0.6 is 0 Å². The number of carbonyl (C=O) groups excluding carboxylic acids is 1.